The van der Waals surface area contributed by atoms with Crippen LogP contribution in [0.1, 0.15) is 12.5 Å². The molecular weight excluding hydrogens is 252 g/mol. The molecule has 1 aromatic carbocycles. The van der Waals surface area contributed by atoms with Crippen LogP contribution in [0.25, 0.3) is 11.1 Å². The number of diazo groups is 1. The summed E-state index contributed by atoms with van der Waals surface area (Å²) >= 11 is 0. The zero-order valence-corrected chi connectivity index (χ0v) is 11.3. The monoisotopic (exact) mass is 269 g/mol. The van der Waals surface area contributed by atoms with E-state index in [0.717, 1.165) is 5.56 Å². The molecule has 0 aliphatic heterocycles. The van der Waals surface area contributed by atoms with E-state index in [4.69, 9.17) is 10.1 Å². The van der Waals surface area contributed by atoms with Gasteiger partial charge in [0.25, 0.3) is 0 Å². The Kier molecular flexibility index (Phi) is 7.00. The number of nitrogens with zero attached hydrogens (tertiary/aromatic N) is 2. The summed E-state index contributed by atoms with van der Waals surface area (Å²) in [6, 6.07) is 9.47. The van der Waals surface area contributed by atoms with Crippen molar-refractivity contribution in [2.24, 2.45) is 0 Å². The number of hydrogen-bond acceptors (Lipinski definition) is 3. The number of rotatable bonds is 6. The molecule has 0 unspecified atom stereocenters. The normalized spacial score (nSPS) is 12.8. The lowest BCUT2D eigenvalue weighted by atomic mass is 10.2. The molecule has 0 aromatic heterocycles. The number of hydrogen-bond donors (Lipinski definition) is 1. The number of ether oxygens (including phenoxy) is 1. The summed E-state index contributed by atoms with van der Waals surface area (Å²) < 4.78 is 5.04. The van der Waals surface area contributed by atoms with Crippen molar-refractivity contribution in [1.29, 1.82) is 5.39 Å². The van der Waals surface area contributed by atoms with Gasteiger partial charge in [0.2, 0.25) is 5.39 Å². The second-order valence-electron chi connectivity index (χ2n) is 3.80. The van der Waals surface area contributed by atoms with E-state index in [9.17, 15) is 5.11 Å². The quantitative estimate of drug-likeness (QED) is 0.472. The molecule has 102 valence electrons. The van der Waals surface area contributed by atoms with Gasteiger partial charge in [-0.2, -0.15) is 0 Å². The van der Waals surface area contributed by atoms with E-state index in [1.807, 2.05) is 49.4 Å². The summed E-state index contributed by atoms with van der Waals surface area (Å²) in [7, 11) is 0. The first-order chi connectivity index (χ1) is 9.77. The molecule has 0 fully saturated rings. The van der Waals surface area contributed by atoms with E-state index in [2.05, 4.69) is 4.98 Å². The van der Waals surface area contributed by atoms with Gasteiger partial charge in [-0.05, 0) is 24.6 Å². The summed E-state index contributed by atoms with van der Waals surface area (Å²) in [5.41, 5.74) is 0.891. The molecule has 0 radical (unpaired) electrons. The third-order valence-corrected chi connectivity index (χ3v) is 2.32. The average Bonchev–Trinajstić information content (AvgIpc) is 2.48. The van der Waals surface area contributed by atoms with Gasteiger partial charge in [0.15, 0.2) is 4.98 Å². The van der Waals surface area contributed by atoms with E-state index in [0.29, 0.717) is 0 Å². The van der Waals surface area contributed by atoms with Gasteiger partial charge in [-0.1, -0.05) is 48.6 Å². The second-order valence-corrected chi connectivity index (χ2v) is 3.80. The molecular formula is C16H17N2O2+. The smallest absolute Gasteiger partial charge is 0.464 e. The van der Waals surface area contributed by atoms with Crippen LogP contribution in [-0.4, -0.2) is 11.7 Å². The third kappa shape index (κ3) is 5.69. The Morgan fingerprint density at radius 2 is 2.05 bits per heavy atom. The molecule has 4 heteroatoms. The standard InChI is InChI=1S/C16H16N2O2/c1-2-3-4-8-13-20-16(19)15(18-17)12-11-14-9-6-5-7-10-14/h2-12H,13H2,1H3/p+1/b3-2+,8-4-,12-11+,16-15-. The highest BCUT2D eigenvalue weighted by molar-refractivity contribution is 5.53. The zero-order chi connectivity index (χ0) is 14.6. The van der Waals surface area contributed by atoms with Crippen molar-refractivity contribution in [2.45, 2.75) is 6.92 Å². The van der Waals surface area contributed by atoms with Gasteiger partial charge in [-0.15, -0.1) is 0 Å². The van der Waals surface area contributed by atoms with Crippen molar-refractivity contribution in [3.63, 3.8) is 0 Å². The molecule has 1 aromatic rings. The molecule has 0 aliphatic carbocycles. The first-order valence-electron chi connectivity index (χ1n) is 6.20. The summed E-state index contributed by atoms with van der Waals surface area (Å²) in [5.74, 6) is -0.426. The molecule has 0 heterocycles. The number of aliphatic hydroxyl groups is 1. The van der Waals surface area contributed by atoms with Gasteiger partial charge >= 0.3 is 11.6 Å². The lowest BCUT2D eigenvalue weighted by Crippen LogP contribution is -1.93. The minimum atomic E-state index is -0.426. The molecule has 1 rings (SSSR count). The van der Waals surface area contributed by atoms with E-state index in [1.165, 1.54) is 6.08 Å². The predicted molar refractivity (Wildman–Crippen MR) is 80.1 cm³/mol. The number of benzene rings is 1. The van der Waals surface area contributed by atoms with Crippen molar-refractivity contribution in [3.8, 4) is 0 Å². The average molecular weight is 269 g/mol. The molecule has 4 nitrogen and oxygen atoms in total. The molecule has 0 amide bonds. The van der Waals surface area contributed by atoms with Crippen LogP contribution in [0.2, 0.25) is 0 Å². The lowest BCUT2D eigenvalue weighted by molar-refractivity contribution is 0.110. The van der Waals surface area contributed by atoms with Crippen LogP contribution in [0.15, 0.2) is 72.4 Å². The highest BCUT2D eigenvalue weighted by Gasteiger charge is 2.16. The number of allylic oxidation sites excluding steroid dienone is 4. The third-order valence-electron chi connectivity index (χ3n) is 2.32. The summed E-state index contributed by atoms with van der Waals surface area (Å²) in [4.78, 5) is 3.00. The van der Waals surface area contributed by atoms with Gasteiger partial charge in [0.05, 0.1) is 0 Å². The highest BCUT2D eigenvalue weighted by Crippen LogP contribution is 2.10. The van der Waals surface area contributed by atoms with Crippen molar-refractivity contribution in [2.75, 3.05) is 6.61 Å². The molecule has 0 spiro atoms. The molecule has 0 atom stereocenters. The van der Waals surface area contributed by atoms with Crippen molar-refractivity contribution >= 4 is 6.08 Å². The van der Waals surface area contributed by atoms with Crippen molar-refractivity contribution in [3.05, 3.63) is 82.9 Å². The fourth-order valence-corrected chi connectivity index (χ4v) is 1.33. The van der Waals surface area contributed by atoms with E-state index >= 15 is 0 Å². The Bertz CT molecular complexity index is 564. The maximum atomic E-state index is 9.64. The lowest BCUT2D eigenvalue weighted by Gasteiger charge is -1.96. The SMILES string of the molecule is C/C=C/C=C\CO/C(O)=C(/C=C/c1ccccc1)[N+]#N. The van der Waals surface area contributed by atoms with E-state index < -0.39 is 5.95 Å². The molecule has 0 saturated heterocycles. The Morgan fingerprint density at radius 3 is 2.70 bits per heavy atom. The molecule has 0 saturated carbocycles. The topological polar surface area (TPSA) is 57.6 Å². The second kappa shape index (κ2) is 9.17. The highest BCUT2D eigenvalue weighted by atomic mass is 16.6. The Morgan fingerprint density at radius 1 is 1.30 bits per heavy atom. The summed E-state index contributed by atoms with van der Waals surface area (Å²) in [6.45, 7) is 2.09. The predicted octanol–water partition coefficient (Wildman–Crippen LogP) is 4.43. The minimum absolute atomic E-state index is 0.0340. The maximum absolute atomic E-state index is 9.64. The van der Waals surface area contributed by atoms with Gasteiger partial charge in [-0.25, -0.2) is 0 Å². The van der Waals surface area contributed by atoms with Crippen LogP contribution >= 0.6 is 0 Å². The Balaban J connectivity index is 2.66. The van der Waals surface area contributed by atoms with Crippen molar-refractivity contribution in [1.82, 2.24) is 0 Å². The van der Waals surface area contributed by atoms with Crippen LogP contribution in [0.3, 0.4) is 0 Å². The van der Waals surface area contributed by atoms with Crippen LogP contribution in [0.5, 0.6) is 0 Å². The number of aliphatic hydroxyl groups excluding tert-OH is 1. The maximum Gasteiger partial charge on any atom is 0.464 e. The molecule has 0 bridgehead atoms. The minimum Gasteiger partial charge on any atom is -0.475 e. The van der Waals surface area contributed by atoms with Gasteiger partial charge in [0.1, 0.15) is 6.61 Å². The fraction of sp³-hybridized carbons (Fsp3) is 0.125. The summed E-state index contributed by atoms with van der Waals surface area (Å²) in [6.07, 6.45) is 10.4. The molecule has 0 aliphatic rings. The molecule has 20 heavy (non-hydrogen) atoms. The van der Waals surface area contributed by atoms with E-state index in [1.54, 1.807) is 18.2 Å². The van der Waals surface area contributed by atoms with Crippen LogP contribution in [-0.2, 0) is 4.74 Å². The van der Waals surface area contributed by atoms with Crippen molar-refractivity contribution < 1.29 is 9.84 Å². The van der Waals surface area contributed by atoms with Gasteiger partial charge < -0.3 is 9.84 Å². The summed E-state index contributed by atoms with van der Waals surface area (Å²) in [5, 5.41) is 18.5. The van der Waals surface area contributed by atoms with Gasteiger partial charge in [-0.3, -0.25) is 0 Å². The van der Waals surface area contributed by atoms with Gasteiger partial charge in [0, 0.05) is 6.08 Å². The van der Waals surface area contributed by atoms with E-state index in [-0.39, 0.29) is 12.3 Å². The first kappa shape index (κ1) is 15.3. The van der Waals surface area contributed by atoms with Crippen LogP contribution in [0, 0.1) is 5.39 Å². The van der Waals surface area contributed by atoms with Crippen LogP contribution < -0.4 is 0 Å². The Labute approximate surface area is 118 Å². The molecule has 1 N–H and O–H groups in total. The zero-order valence-electron chi connectivity index (χ0n) is 11.3. The first-order valence-corrected chi connectivity index (χ1v) is 6.20. The van der Waals surface area contributed by atoms with Crippen LogP contribution in [0.4, 0.5) is 0 Å². The fourth-order valence-electron chi connectivity index (χ4n) is 1.33. The largest absolute Gasteiger partial charge is 0.475 e. The Hall–Kier alpha value is -2.80.